The van der Waals surface area contributed by atoms with Crippen molar-refractivity contribution in [3.8, 4) is 0 Å². The maximum Gasteiger partial charge on any atom is 0.339 e. The molecule has 6 nitrogen and oxygen atoms in total. The molecule has 0 saturated heterocycles. The van der Waals surface area contributed by atoms with Gasteiger partial charge in [0.15, 0.2) is 6.10 Å². The lowest BCUT2D eigenvalue weighted by Gasteiger charge is -2.23. The number of esters is 1. The third-order valence-electron chi connectivity index (χ3n) is 4.08. The SMILES string of the molecule is O=C1O[C@@H](C(=O)Nc2nnc(Cc3ccccc3)s2)Cc2ccccc21. The molecule has 0 aliphatic carbocycles. The van der Waals surface area contributed by atoms with E-state index in [4.69, 9.17) is 4.74 Å². The van der Waals surface area contributed by atoms with Gasteiger partial charge in [0.25, 0.3) is 5.91 Å². The van der Waals surface area contributed by atoms with E-state index in [0.717, 1.165) is 16.1 Å². The zero-order valence-corrected chi connectivity index (χ0v) is 14.5. The Hall–Kier alpha value is -3.06. The van der Waals surface area contributed by atoms with E-state index in [9.17, 15) is 9.59 Å². The number of anilines is 1. The third-order valence-corrected chi connectivity index (χ3v) is 4.92. The first kappa shape index (κ1) is 16.4. The summed E-state index contributed by atoms with van der Waals surface area (Å²) in [5.74, 6) is -0.871. The fraction of sp³-hybridized carbons (Fsp3) is 0.158. The van der Waals surface area contributed by atoms with Gasteiger partial charge in [-0.15, -0.1) is 10.2 Å². The minimum absolute atomic E-state index is 0.351. The summed E-state index contributed by atoms with van der Waals surface area (Å²) >= 11 is 1.31. The number of nitrogens with one attached hydrogen (secondary N) is 1. The Bertz CT molecular complexity index is 955. The van der Waals surface area contributed by atoms with Gasteiger partial charge < -0.3 is 4.74 Å². The Kier molecular flexibility index (Phi) is 4.45. The largest absolute Gasteiger partial charge is 0.448 e. The summed E-state index contributed by atoms with van der Waals surface area (Å²) in [5, 5.41) is 12.0. The highest BCUT2D eigenvalue weighted by Crippen LogP contribution is 2.23. The van der Waals surface area contributed by atoms with E-state index in [1.165, 1.54) is 11.3 Å². The second-order valence-electron chi connectivity index (χ2n) is 5.91. The van der Waals surface area contributed by atoms with Crippen LogP contribution in [-0.4, -0.2) is 28.2 Å². The number of aromatic nitrogens is 2. The highest BCUT2D eigenvalue weighted by atomic mass is 32.1. The van der Waals surface area contributed by atoms with Gasteiger partial charge in [0.05, 0.1) is 5.56 Å². The smallest absolute Gasteiger partial charge is 0.339 e. The van der Waals surface area contributed by atoms with Gasteiger partial charge in [-0.1, -0.05) is 59.9 Å². The van der Waals surface area contributed by atoms with Crippen LogP contribution in [-0.2, 0) is 22.4 Å². The summed E-state index contributed by atoms with van der Waals surface area (Å²) < 4.78 is 5.25. The second-order valence-corrected chi connectivity index (χ2v) is 6.97. The van der Waals surface area contributed by atoms with Crippen LogP contribution < -0.4 is 5.32 Å². The summed E-state index contributed by atoms with van der Waals surface area (Å²) in [6, 6.07) is 17.1. The molecule has 0 fully saturated rings. The van der Waals surface area contributed by atoms with Crippen molar-refractivity contribution >= 4 is 28.3 Å². The Morgan fingerprint density at radius 3 is 2.73 bits per heavy atom. The van der Waals surface area contributed by atoms with Crippen LogP contribution in [0.3, 0.4) is 0 Å². The van der Waals surface area contributed by atoms with E-state index >= 15 is 0 Å². The number of benzene rings is 2. The molecule has 1 atom stereocenters. The molecule has 0 bridgehead atoms. The summed E-state index contributed by atoms with van der Waals surface area (Å²) in [6.45, 7) is 0. The van der Waals surface area contributed by atoms with Crippen molar-refractivity contribution in [2.45, 2.75) is 18.9 Å². The first-order valence-electron chi connectivity index (χ1n) is 8.15. The van der Waals surface area contributed by atoms with E-state index in [2.05, 4.69) is 15.5 Å². The number of carbonyl (C=O) groups excluding carboxylic acids is 2. The lowest BCUT2D eigenvalue weighted by molar-refractivity contribution is -0.125. The maximum atomic E-state index is 12.4. The molecule has 2 aromatic carbocycles. The van der Waals surface area contributed by atoms with Gasteiger partial charge in [-0.2, -0.15) is 0 Å². The highest BCUT2D eigenvalue weighted by Gasteiger charge is 2.31. The number of amides is 1. The Morgan fingerprint density at radius 1 is 1.12 bits per heavy atom. The van der Waals surface area contributed by atoms with Gasteiger partial charge >= 0.3 is 5.97 Å². The predicted molar refractivity (Wildman–Crippen MR) is 97.1 cm³/mol. The molecule has 2 heterocycles. The Morgan fingerprint density at radius 2 is 1.88 bits per heavy atom. The van der Waals surface area contributed by atoms with Crippen molar-refractivity contribution in [3.63, 3.8) is 0 Å². The zero-order valence-electron chi connectivity index (χ0n) is 13.7. The van der Waals surface area contributed by atoms with Gasteiger partial charge in [0, 0.05) is 12.8 Å². The molecule has 0 unspecified atom stereocenters. The monoisotopic (exact) mass is 365 g/mol. The lowest BCUT2D eigenvalue weighted by atomic mass is 9.98. The van der Waals surface area contributed by atoms with Crippen molar-refractivity contribution < 1.29 is 14.3 Å². The molecule has 0 saturated carbocycles. The van der Waals surface area contributed by atoms with E-state index in [1.807, 2.05) is 42.5 Å². The summed E-state index contributed by atoms with van der Waals surface area (Å²) in [4.78, 5) is 24.5. The minimum Gasteiger partial charge on any atom is -0.448 e. The standard InChI is InChI=1S/C19H15N3O3S/c23-17(15-11-13-8-4-5-9-14(13)18(24)25-15)20-19-22-21-16(26-19)10-12-6-2-1-3-7-12/h1-9,15H,10-11H2,(H,20,22,23)/t15-/m1/s1. The highest BCUT2D eigenvalue weighted by molar-refractivity contribution is 7.15. The number of fused-ring (bicyclic) bond motifs is 1. The first-order chi connectivity index (χ1) is 12.7. The predicted octanol–water partition coefficient (Wildman–Crippen LogP) is 2.85. The van der Waals surface area contributed by atoms with Crippen molar-refractivity contribution in [2.24, 2.45) is 0 Å². The number of carbonyl (C=O) groups is 2. The number of hydrogen-bond acceptors (Lipinski definition) is 6. The van der Waals surface area contributed by atoms with Crippen molar-refractivity contribution in [2.75, 3.05) is 5.32 Å². The topological polar surface area (TPSA) is 81.2 Å². The van der Waals surface area contributed by atoms with Crippen LogP contribution in [0.4, 0.5) is 5.13 Å². The summed E-state index contributed by atoms with van der Waals surface area (Å²) in [5.41, 5.74) is 2.45. The van der Waals surface area contributed by atoms with Crippen molar-refractivity contribution in [1.29, 1.82) is 0 Å². The van der Waals surface area contributed by atoms with Gasteiger partial charge in [-0.3, -0.25) is 10.1 Å². The van der Waals surface area contributed by atoms with Crippen molar-refractivity contribution in [3.05, 3.63) is 76.3 Å². The van der Waals surface area contributed by atoms with Gasteiger partial charge in [-0.05, 0) is 17.2 Å². The molecule has 0 radical (unpaired) electrons. The van der Waals surface area contributed by atoms with Gasteiger partial charge in [0.2, 0.25) is 5.13 Å². The van der Waals surface area contributed by atoms with E-state index in [1.54, 1.807) is 12.1 Å². The van der Waals surface area contributed by atoms with Gasteiger partial charge in [0.1, 0.15) is 5.01 Å². The molecule has 1 aliphatic heterocycles. The molecule has 4 rings (SSSR count). The van der Waals surface area contributed by atoms with Crippen LogP contribution in [0.1, 0.15) is 26.5 Å². The molecule has 1 aliphatic rings. The Balaban J connectivity index is 1.42. The fourth-order valence-corrected chi connectivity index (χ4v) is 3.59. The summed E-state index contributed by atoms with van der Waals surface area (Å²) in [6.07, 6.45) is 0.141. The molecule has 130 valence electrons. The molecular formula is C19H15N3O3S. The fourth-order valence-electron chi connectivity index (χ4n) is 2.81. The minimum atomic E-state index is -0.862. The van der Waals surface area contributed by atoms with Crippen molar-refractivity contribution in [1.82, 2.24) is 10.2 Å². The van der Waals surface area contributed by atoms with Crippen LogP contribution in [0.2, 0.25) is 0 Å². The quantitative estimate of drug-likeness (QED) is 0.719. The van der Waals surface area contributed by atoms with Crippen LogP contribution >= 0.6 is 11.3 Å². The average Bonchev–Trinajstić information content (AvgIpc) is 3.09. The number of ether oxygens (including phenoxy) is 1. The lowest BCUT2D eigenvalue weighted by Crippen LogP contribution is -2.37. The Labute approximate surface area is 153 Å². The maximum absolute atomic E-state index is 12.4. The molecular weight excluding hydrogens is 350 g/mol. The first-order valence-corrected chi connectivity index (χ1v) is 8.97. The van der Waals surface area contributed by atoms with Gasteiger partial charge in [-0.25, -0.2) is 4.79 Å². The number of rotatable bonds is 4. The summed E-state index contributed by atoms with van der Waals surface area (Å²) in [7, 11) is 0. The molecule has 26 heavy (non-hydrogen) atoms. The number of cyclic esters (lactones) is 1. The zero-order chi connectivity index (χ0) is 17.9. The normalized spacial score (nSPS) is 15.8. The van der Waals surface area contributed by atoms with E-state index < -0.39 is 18.0 Å². The number of hydrogen-bond donors (Lipinski definition) is 1. The van der Waals surface area contributed by atoms with Crippen LogP contribution in [0.5, 0.6) is 0 Å². The van der Waals surface area contributed by atoms with Crippen LogP contribution in [0.15, 0.2) is 54.6 Å². The molecule has 1 N–H and O–H groups in total. The average molecular weight is 365 g/mol. The second kappa shape index (κ2) is 7.05. The molecule has 0 spiro atoms. The molecule has 1 amide bonds. The van der Waals surface area contributed by atoms with E-state index in [-0.39, 0.29) is 0 Å². The third kappa shape index (κ3) is 3.48. The molecule has 1 aromatic heterocycles. The van der Waals surface area contributed by atoms with Crippen LogP contribution in [0.25, 0.3) is 0 Å². The van der Waals surface area contributed by atoms with Crippen LogP contribution in [0, 0.1) is 0 Å². The number of nitrogens with zero attached hydrogens (tertiary/aromatic N) is 2. The molecule has 3 aromatic rings. The van der Waals surface area contributed by atoms with E-state index in [0.29, 0.717) is 23.5 Å². The molecule has 7 heteroatoms.